The Morgan fingerprint density at radius 1 is 1.62 bits per heavy atom. The molecule has 0 atom stereocenters. The Labute approximate surface area is 88.7 Å². The fraction of sp³-hybridized carbons (Fsp3) is 0.143. The van der Waals surface area contributed by atoms with Crippen LogP contribution in [0.2, 0.25) is 0 Å². The molecule has 0 saturated heterocycles. The molecule has 2 aromatic heterocycles. The Bertz CT molecular complexity index is 598. The molecule has 0 aliphatic rings. The highest BCUT2D eigenvalue weighted by Crippen LogP contribution is 2.04. The van der Waals surface area contributed by atoms with Gasteiger partial charge in [0.2, 0.25) is 5.95 Å². The number of nitrogens with zero attached hydrogens (tertiary/aromatic N) is 3. The van der Waals surface area contributed by atoms with E-state index in [2.05, 4.69) is 25.6 Å². The zero-order valence-electron chi connectivity index (χ0n) is 8.31. The van der Waals surface area contributed by atoms with Crippen molar-refractivity contribution in [3.63, 3.8) is 0 Å². The summed E-state index contributed by atoms with van der Waals surface area (Å²) in [5, 5.41) is 4.62. The first-order chi connectivity index (χ1) is 7.63. The number of nitrogens with one attached hydrogen (secondary N) is 3. The second kappa shape index (κ2) is 3.53. The molecule has 0 spiro atoms. The minimum absolute atomic E-state index is 0.0797. The second-order valence-corrected chi connectivity index (χ2v) is 2.92. The van der Waals surface area contributed by atoms with Crippen LogP contribution in [0, 0.1) is 0 Å². The van der Waals surface area contributed by atoms with Crippen LogP contribution in [0.5, 0.6) is 0 Å². The molecule has 0 saturated carbocycles. The van der Waals surface area contributed by atoms with Crippen LogP contribution >= 0.6 is 0 Å². The fourth-order valence-corrected chi connectivity index (χ4v) is 1.15. The topological polar surface area (TPSA) is 131 Å². The maximum Gasteiger partial charge on any atom is 0.321 e. The molecule has 0 radical (unpaired) electrons. The molecular formula is C7H9N7O2. The monoisotopic (exact) mass is 223 g/mol. The lowest BCUT2D eigenvalue weighted by atomic mass is 10.5. The van der Waals surface area contributed by atoms with E-state index in [9.17, 15) is 9.59 Å². The fourth-order valence-electron chi connectivity index (χ4n) is 1.15. The first-order valence-corrected chi connectivity index (χ1v) is 4.33. The number of hydrogen-bond acceptors (Lipinski definition) is 5. The summed E-state index contributed by atoms with van der Waals surface area (Å²) in [6.07, 6.45) is 1.32. The first kappa shape index (κ1) is 9.96. The van der Waals surface area contributed by atoms with Crippen molar-refractivity contribution in [1.29, 1.82) is 0 Å². The van der Waals surface area contributed by atoms with Crippen molar-refractivity contribution in [2.45, 2.75) is 0 Å². The molecule has 9 nitrogen and oxygen atoms in total. The first-order valence-electron chi connectivity index (χ1n) is 4.33. The van der Waals surface area contributed by atoms with E-state index < -0.39 is 11.6 Å². The van der Waals surface area contributed by atoms with Gasteiger partial charge in [-0.1, -0.05) is 0 Å². The van der Waals surface area contributed by atoms with Gasteiger partial charge in [-0.05, 0) is 0 Å². The quantitative estimate of drug-likeness (QED) is 0.441. The molecule has 5 N–H and O–H groups in total. The van der Waals surface area contributed by atoms with Gasteiger partial charge in [-0.2, -0.15) is 9.66 Å². The summed E-state index contributed by atoms with van der Waals surface area (Å²) < 4.78 is 0.732. The lowest BCUT2D eigenvalue weighted by molar-refractivity contribution is 0.253. The summed E-state index contributed by atoms with van der Waals surface area (Å²) in [6, 6.07) is -0.527. The van der Waals surface area contributed by atoms with Gasteiger partial charge in [0, 0.05) is 7.05 Å². The number of carbonyl (C=O) groups excluding carboxylic acids is 1. The molecule has 0 unspecified atom stereocenters. The number of anilines is 1. The number of aromatic amines is 1. The van der Waals surface area contributed by atoms with Crippen LogP contribution < -0.4 is 22.0 Å². The van der Waals surface area contributed by atoms with Crippen molar-refractivity contribution in [3.8, 4) is 0 Å². The highest BCUT2D eigenvalue weighted by Gasteiger charge is 2.11. The molecule has 9 heteroatoms. The second-order valence-electron chi connectivity index (χ2n) is 2.92. The van der Waals surface area contributed by atoms with Gasteiger partial charge in [0.25, 0.3) is 5.56 Å². The van der Waals surface area contributed by atoms with Gasteiger partial charge in [-0.25, -0.2) is 9.78 Å². The molecule has 0 aromatic carbocycles. The van der Waals surface area contributed by atoms with Crippen molar-refractivity contribution in [2.24, 2.45) is 0 Å². The van der Waals surface area contributed by atoms with Crippen molar-refractivity contribution >= 4 is 23.1 Å². The molecule has 0 aliphatic carbocycles. The number of carbonyl (C=O) groups is 1. The summed E-state index contributed by atoms with van der Waals surface area (Å²) >= 11 is 0. The Kier molecular flexibility index (Phi) is 2.20. The van der Waals surface area contributed by atoms with Crippen LogP contribution in [-0.4, -0.2) is 32.7 Å². The van der Waals surface area contributed by atoms with Gasteiger partial charge < -0.3 is 16.1 Å². The summed E-state index contributed by atoms with van der Waals surface area (Å²) in [7, 11) is 1.43. The number of hydrogen-bond donors (Lipinski definition) is 4. The maximum atomic E-state index is 11.6. The molecule has 0 fully saturated rings. The molecular weight excluding hydrogens is 214 g/mol. The minimum Gasteiger partial charge on any atom is -0.341 e. The van der Waals surface area contributed by atoms with Crippen molar-refractivity contribution in [3.05, 3.63) is 16.7 Å². The molecule has 2 amide bonds. The molecule has 0 aliphatic heterocycles. The standard InChI is InChI=1S/C7H9N7O2/c1-9-7(16)13-6-12-4-3(10-2-11-4)5(15)14(6)8/h2H,8H2,1H3,(H,10,11)(H2,9,12,13,16). The number of urea groups is 1. The molecule has 84 valence electrons. The van der Waals surface area contributed by atoms with Gasteiger partial charge >= 0.3 is 6.03 Å². The van der Waals surface area contributed by atoms with E-state index in [0.29, 0.717) is 0 Å². The number of amides is 2. The van der Waals surface area contributed by atoms with E-state index in [4.69, 9.17) is 5.84 Å². The Hall–Kier alpha value is -2.58. The summed E-state index contributed by atoms with van der Waals surface area (Å²) in [4.78, 5) is 33.0. The molecule has 2 aromatic rings. The minimum atomic E-state index is -0.527. The van der Waals surface area contributed by atoms with Crippen LogP contribution in [0.3, 0.4) is 0 Å². The zero-order chi connectivity index (χ0) is 11.7. The average molecular weight is 223 g/mol. The van der Waals surface area contributed by atoms with Crippen molar-refractivity contribution in [2.75, 3.05) is 18.2 Å². The maximum absolute atomic E-state index is 11.6. The van der Waals surface area contributed by atoms with Crippen LogP contribution in [0.1, 0.15) is 0 Å². The van der Waals surface area contributed by atoms with Gasteiger partial charge in [-0.3, -0.25) is 10.1 Å². The number of H-pyrrole nitrogens is 1. The largest absolute Gasteiger partial charge is 0.341 e. The number of fused-ring (bicyclic) bond motifs is 1. The molecule has 2 rings (SSSR count). The number of imidazole rings is 1. The molecule has 16 heavy (non-hydrogen) atoms. The highest BCUT2D eigenvalue weighted by atomic mass is 16.2. The number of nitrogens with two attached hydrogens (primary N) is 1. The number of rotatable bonds is 1. The summed E-state index contributed by atoms with van der Waals surface area (Å²) in [5.74, 6) is 5.38. The van der Waals surface area contributed by atoms with Crippen LogP contribution in [0.15, 0.2) is 11.1 Å². The van der Waals surface area contributed by atoms with Crippen LogP contribution in [0.25, 0.3) is 11.2 Å². The van der Waals surface area contributed by atoms with E-state index in [0.717, 1.165) is 4.68 Å². The Morgan fingerprint density at radius 2 is 2.38 bits per heavy atom. The zero-order valence-corrected chi connectivity index (χ0v) is 8.31. The predicted molar refractivity (Wildman–Crippen MR) is 56.4 cm³/mol. The summed E-state index contributed by atoms with van der Waals surface area (Å²) in [6.45, 7) is 0. The smallest absolute Gasteiger partial charge is 0.321 e. The lowest BCUT2D eigenvalue weighted by Gasteiger charge is -2.07. The lowest BCUT2D eigenvalue weighted by Crippen LogP contribution is -2.35. The van der Waals surface area contributed by atoms with E-state index in [-0.39, 0.29) is 17.1 Å². The van der Waals surface area contributed by atoms with Crippen LogP contribution in [0.4, 0.5) is 10.7 Å². The van der Waals surface area contributed by atoms with E-state index in [1.165, 1.54) is 13.4 Å². The van der Waals surface area contributed by atoms with Crippen molar-refractivity contribution in [1.82, 2.24) is 24.9 Å². The van der Waals surface area contributed by atoms with E-state index in [1.54, 1.807) is 0 Å². The average Bonchev–Trinajstić information content (AvgIpc) is 2.73. The third kappa shape index (κ3) is 1.43. The Balaban J connectivity index is 2.57. The molecule has 2 heterocycles. The molecule has 0 bridgehead atoms. The van der Waals surface area contributed by atoms with Crippen molar-refractivity contribution < 1.29 is 4.79 Å². The van der Waals surface area contributed by atoms with E-state index in [1.807, 2.05) is 0 Å². The number of aromatic nitrogens is 4. The van der Waals surface area contributed by atoms with Gasteiger partial charge in [0.15, 0.2) is 11.2 Å². The SMILES string of the molecule is CNC(=O)Nc1nc2nc[nH]c2c(=O)n1N. The highest BCUT2D eigenvalue weighted by molar-refractivity contribution is 5.88. The normalized spacial score (nSPS) is 10.3. The van der Waals surface area contributed by atoms with Crippen LogP contribution in [-0.2, 0) is 0 Å². The van der Waals surface area contributed by atoms with Gasteiger partial charge in [0.05, 0.1) is 6.33 Å². The Morgan fingerprint density at radius 3 is 3.06 bits per heavy atom. The summed E-state index contributed by atoms with van der Waals surface area (Å²) in [5.41, 5.74) is -0.142. The van der Waals surface area contributed by atoms with Gasteiger partial charge in [0.1, 0.15) is 0 Å². The predicted octanol–water partition coefficient (Wildman–Crippen LogP) is -1.42. The third-order valence-electron chi connectivity index (χ3n) is 1.94. The van der Waals surface area contributed by atoms with Gasteiger partial charge in [-0.15, -0.1) is 0 Å². The van der Waals surface area contributed by atoms with E-state index >= 15 is 0 Å². The third-order valence-corrected chi connectivity index (χ3v) is 1.94. The number of nitrogen functional groups attached to an aromatic ring is 1.